The summed E-state index contributed by atoms with van der Waals surface area (Å²) >= 11 is 10.9. The maximum absolute atomic E-state index is 14.2. The van der Waals surface area contributed by atoms with E-state index in [4.69, 9.17) is 30.8 Å². The molecule has 0 amide bonds. The molecule has 0 aliphatic carbocycles. The molecule has 4 aromatic carbocycles. The van der Waals surface area contributed by atoms with Crippen LogP contribution in [0, 0.1) is 0 Å². The van der Waals surface area contributed by atoms with E-state index in [0.717, 1.165) is 21.2 Å². The molecule has 46 heavy (non-hydrogen) atoms. The van der Waals surface area contributed by atoms with Crippen LogP contribution in [0.4, 0.5) is 0 Å². The van der Waals surface area contributed by atoms with Gasteiger partial charge in [-0.1, -0.05) is 83.6 Å². The van der Waals surface area contributed by atoms with Gasteiger partial charge in [-0.25, -0.2) is 9.79 Å². The lowest BCUT2D eigenvalue weighted by molar-refractivity contribution is -0.138. The second-order valence-electron chi connectivity index (χ2n) is 10.3. The average molecular weight is 716 g/mol. The third-order valence-corrected chi connectivity index (χ3v) is 9.20. The maximum atomic E-state index is 14.2. The van der Waals surface area contributed by atoms with E-state index in [1.165, 1.54) is 11.3 Å². The van der Waals surface area contributed by atoms with Crippen molar-refractivity contribution in [3.63, 3.8) is 0 Å². The summed E-state index contributed by atoms with van der Waals surface area (Å²) in [6, 6.07) is 29.1. The van der Waals surface area contributed by atoms with Gasteiger partial charge in [0.1, 0.15) is 18.1 Å². The number of fused-ring (bicyclic) bond motifs is 1. The largest absolute Gasteiger partial charge is 0.497 e. The van der Waals surface area contributed by atoms with Crippen LogP contribution in [0.3, 0.4) is 0 Å². The van der Waals surface area contributed by atoms with Crippen molar-refractivity contribution in [3.8, 4) is 11.5 Å². The van der Waals surface area contributed by atoms with Crippen molar-refractivity contribution in [3.05, 3.63) is 154 Å². The average Bonchev–Trinajstić information content (AvgIpc) is 3.38. The summed E-state index contributed by atoms with van der Waals surface area (Å²) in [7, 11) is 1.58. The number of rotatable bonds is 9. The Kier molecular flexibility index (Phi) is 9.53. The lowest BCUT2D eigenvalue weighted by Crippen LogP contribution is -2.40. The fourth-order valence-corrected chi connectivity index (χ4v) is 6.82. The SMILES string of the molecule is CCOC(=O)C1=C(c2ccccc2)N=c2s/c(=C\c3ccc(OCc4ccc(Cl)cc4)c(Br)c3)c(=O)n2[C@@H]1c1cccc(OC)c1. The van der Waals surface area contributed by atoms with Crippen LogP contribution in [-0.2, 0) is 16.1 Å². The molecule has 1 aromatic heterocycles. The molecule has 1 atom stereocenters. The number of thiazole rings is 1. The number of benzene rings is 4. The van der Waals surface area contributed by atoms with Crippen molar-refractivity contribution in [1.82, 2.24) is 4.57 Å². The van der Waals surface area contributed by atoms with Gasteiger partial charge >= 0.3 is 5.97 Å². The zero-order valence-electron chi connectivity index (χ0n) is 24.9. The number of esters is 1. The monoisotopic (exact) mass is 714 g/mol. The van der Waals surface area contributed by atoms with Gasteiger partial charge in [0.25, 0.3) is 5.56 Å². The van der Waals surface area contributed by atoms with Crippen molar-refractivity contribution >= 4 is 56.6 Å². The highest BCUT2D eigenvalue weighted by atomic mass is 79.9. The molecule has 0 unspecified atom stereocenters. The first-order valence-corrected chi connectivity index (χ1v) is 16.4. The van der Waals surface area contributed by atoms with Gasteiger partial charge < -0.3 is 14.2 Å². The topological polar surface area (TPSA) is 79.1 Å². The van der Waals surface area contributed by atoms with E-state index in [-0.39, 0.29) is 17.7 Å². The molecule has 0 bridgehead atoms. The lowest BCUT2D eigenvalue weighted by Gasteiger charge is -2.26. The summed E-state index contributed by atoms with van der Waals surface area (Å²) in [5, 5.41) is 0.669. The van der Waals surface area contributed by atoms with E-state index in [1.54, 1.807) is 18.6 Å². The Balaban J connectivity index is 1.46. The quantitative estimate of drug-likeness (QED) is 0.155. The summed E-state index contributed by atoms with van der Waals surface area (Å²) in [4.78, 5) is 33.2. The van der Waals surface area contributed by atoms with Gasteiger partial charge in [-0.05, 0) is 82.0 Å². The molecule has 1 aliphatic heterocycles. The van der Waals surface area contributed by atoms with Gasteiger partial charge in [-0.3, -0.25) is 9.36 Å². The maximum Gasteiger partial charge on any atom is 0.338 e. The summed E-state index contributed by atoms with van der Waals surface area (Å²) in [5.41, 5.74) is 3.70. The second-order valence-corrected chi connectivity index (χ2v) is 12.6. The lowest BCUT2D eigenvalue weighted by atomic mass is 9.93. The fraction of sp³-hybridized carbons (Fsp3) is 0.139. The molecule has 0 spiro atoms. The number of hydrogen-bond donors (Lipinski definition) is 0. The number of methoxy groups -OCH3 is 1. The zero-order valence-corrected chi connectivity index (χ0v) is 28.1. The van der Waals surface area contributed by atoms with Crippen LogP contribution in [0.1, 0.15) is 35.2 Å². The normalized spacial score (nSPS) is 14.4. The number of hydrogen-bond acceptors (Lipinski definition) is 7. The summed E-state index contributed by atoms with van der Waals surface area (Å²) in [5.74, 6) is 0.729. The molecule has 232 valence electrons. The highest BCUT2D eigenvalue weighted by Gasteiger charge is 2.35. The Hall–Kier alpha value is -4.44. The van der Waals surface area contributed by atoms with E-state index in [2.05, 4.69) is 15.9 Å². The Morgan fingerprint density at radius 1 is 1.02 bits per heavy atom. The van der Waals surface area contributed by atoms with Crippen LogP contribution in [0.2, 0.25) is 5.02 Å². The molecule has 0 saturated carbocycles. The fourth-order valence-electron chi connectivity index (χ4n) is 5.18. The molecule has 7 nitrogen and oxygen atoms in total. The standard InChI is InChI=1S/C36H28BrClN2O5S/c1-3-44-35(42)31-32(24-8-5-4-6-9-24)39-36-40(33(31)25-10-7-11-27(20-25)43-2)34(41)30(46-36)19-23-14-17-29(28(37)18-23)45-21-22-12-15-26(38)16-13-22/h4-20,33H,3,21H2,1-2H3/b30-19-/t33-/m1/s1. The van der Waals surface area contributed by atoms with Crippen LogP contribution < -0.4 is 24.4 Å². The van der Waals surface area contributed by atoms with Gasteiger partial charge in [0.2, 0.25) is 0 Å². The number of carbonyl (C=O) groups is 1. The second kappa shape index (κ2) is 13.9. The molecule has 2 heterocycles. The molecule has 0 fully saturated rings. The summed E-state index contributed by atoms with van der Waals surface area (Å²) < 4.78 is 19.8. The van der Waals surface area contributed by atoms with Gasteiger partial charge in [0, 0.05) is 10.6 Å². The highest BCUT2D eigenvalue weighted by molar-refractivity contribution is 9.10. The Morgan fingerprint density at radius 2 is 1.80 bits per heavy atom. The first-order chi connectivity index (χ1) is 22.4. The van der Waals surface area contributed by atoms with Crippen molar-refractivity contribution in [2.45, 2.75) is 19.6 Å². The molecule has 0 radical (unpaired) electrons. The molecule has 0 N–H and O–H groups in total. The predicted octanol–water partition coefficient (Wildman–Crippen LogP) is 6.94. The minimum absolute atomic E-state index is 0.175. The highest BCUT2D eigenvalue weighted by Crippen LogP contribution is 2.36. The molecule has 1 aliphatic rings. The number of aromatic nitrogens is 1. The van der Waals surface area contributed by atoms with Crippen molar-refractivity contribution < 1.29 is 19.0 Å². The number of halogens is 2. The van der Waals surface area contributed by atoms with Gasteiger partial charge in [0.05, 0.1) is 40.0 Å². The number of ether oxygens (including phenoxy) is 3. The van der Waals surface area contributed by atoms with Crippen molar-refractivity contribution in [2.75, 3.05) is 13.7 Å². The number of nitrogens with zero attached hydrogens (tertiary/aromatic N) is 2. The smallest absolute Gasteiger partial charge is 0.338 e. The van der Waals surface area contributed by atoms with Crippen LogP contribution in [0.5, 0.6) is 11.5 Å². The third kappa shape index (κ3) is 6.58. The molecule has 10 heteroatoms. The van der Waals surface area contributed by atoms with Crippen LogP contribution in [0.25, 0.3) is 11.8 Å². The molecular weight excluding hydrogens is 688 g/mol. The molecule has 0 saturated heterocycles. The van der Waals surface area contributed by atoms with Crippen LogP contribution >= 0.6 is 38.9 Å². The van der Waals surface area contributed by atoms with E-state index in [0.29, 0.717) is 43.7 Å². The molecule has 5 aromatic rings. The Morgan fingerprint density at radius 3 is 2.52 bits per heavy atom. The van der Waals surface area contributed by atoms with Gasteiger partial charge in [-0.2, -0.15) is 0 Å². The predicted molar refractivity (Wildman–Crippen MR) is 184 cm³/mol. The minimum atomic E-state index is -0.793. The first kappa shape index (κ1) is 31.5. The molecule has 6 rings (SSSR count). The minimum Gasteiger partial charge on any atom is -0.497 e. The Labute approximate surface area is 282 Å². The zero-order chi connectivity index (χ0) is 32.2. The van der Waals surface area contributed by atoms with E-state index in [1.807, 2.05) is 103 Å². The van der Waals surface area contributed by atoms with Gasteiger partial charge in [0.15, 0.2) is 4.80 Å². The molecular formula is C36H28BrClN2O5S. The van der Waals surface area contributed by atoms with E-state index >= 15 is 0 Å². The van der Waals surface area contributed by atoms with E-state index in [9.17, 15) is 9.59 Å². The van der Waals surface area contributed by atoms with Crippen LogP contribution in [0.15, 0.2) is 117 Å². The van der Waals surface area contributed by atoms with Crippen molar-refractivity contribution in [1.29, 1.82) is 0 Å². The van der Waals surface area contributed by atoms with Gasteiger partial charge in [-0.15, -0.1) is 0 Å². The first-order valence-electron chi connectivity index (χ1n) is 14.5. The van der Waals surface area contributed by atoms with E-state index < -0.39 is 12.0 Å². The Bertz CT molecular complexity index is 2120. The summed E-state index contributed by atoms with van der Waals surface area (Å²) in [6.45, 7) is 2.31. The van der Waals surface area contributed by atoms with Crippen molar-refractivity contribution in [2.24, 2.45) is 4.99 Å². The summed E-state index contributed by atoms with van der Waals surface area (Å²) in [6.07, 6.45) is 1.82. The number of carbonyl (C=O) groups excluding carboxylic acids is 1. The third-order valence-electron chi connectivity index (χ3n) is 7.34. The van der Waals surface area contributed by atoms with Crippen LogP contribution in [-0.4, -0.2) is 24.3 Å².